The summed E-state index contributed by atoms with van der Waals surface area (Å²) in [7, 11) is 0. The molecule has 0 saturated carbocycles. The molecule has 0 aromatic heterocycles. The van der Waals surface area contributed by atoms with Crippen molar-refractivity contribution in [3.05, 3.63) is 72.8 Å². The number of rotatable bonds is 0. The molecule has 0 radical (unpaired) electrons. The second-order valence-electron chi connectivity index (χ2n) is 6.29. The highest BCUT2D eigenvalue weighted by atomic mass is 16.5. The summed E-state index contributed by atoms with van der Waals surface area (Å²) in [5.74, 6) is 1.38. The maximum Gasteiger partial charge on any atom is 0.228 e. The predicted octanol–water partition coefficient (Wildman–Crippen LogP) is 5.78. The number of anilines is 2. The average Bonchev–Trinajstić information content (AvgIpc) is 2.62. The minimum atomic E-state index is -0.0311. The average molecular weight is 325 g/mol. The molecule has 0 fully saturated rings. The highest BCUT2D eigenvalue weighted by Crippen LogP contribution is 2.49. The predicted molar refractivity (Wildman–Crippen MR) is 101 cm³/mol. The lowest BCUT2D eigenvalue weighted by molar-refractivity contribution is -0.115. The molecule has 4 aromatic rings. The molecule has 3 heteroatoms. The van der Waals surface area contributed by atoms with Gasteiger partial charge in [0.2, 0.25) is 5.91 Å². The normalized spacial score (nSPS) is 12.6. The Morgan fingerprint density at radius 3 is 1.52 bits per heavy atom. The van der Waals surface area contributed by atoms with Crippen molar-refractivity contribution in [2.24, 2.45) is 0 Å². The lowest BCUT2D eigenvalue weighted by atomic mass is 10.0. The first-order valence-corrected chi connectivity index (χ1v) is 8.25. The van der Waals surface area contributed by atoms with Gasteiger partial charge in [-0.3, -0.25) is 9.69 Å². The van der Waals surface area contributed by atoms with Gasteiger partial charge in [-0.1, -0.05) is 48.5 Å². The van der Waals surface area contributed by atoms with Crippen LogP contribution < -0.4 is 9.64 Å². The van der Waals surface area contributed by atoms with Crippen LogP contribution in [0.1, 0.15) is 6.92 Å². The van der Waals surface area contributed by atoms with Crippen LogP contribution in [-0.4, -0.2) is 5.91 Å². The van der Waals surface area contributed by atoms with Crippen molar-refractivity contribution < 1.29 is 9.53 Å². The lowest BCUT2D eigenvalue weighted by Gasteiger charge is -2.31. The number of hydrogen-bond acceptors (Lipinski definition) is 2. The summed E-state index contributed by atoms with van der Waals surface area (Å²) < 4.78 is 6.18. The number of benzene rings is 4. The van der Waals surface area contributed by atoms with Gasteiger partial charge < -0.3 is 4.74 Å². The fourth-order valence-electron chi connectivity index (χ4n) is 3.52. The van der Waals surface area contributed by atoms with E-state index in [9.17, 15) is 4.79 Å². The Morgan fingerprint density at radius 1 is 0.720 bits per heavy atom. The molecule has 0 atom stereocenters. The van der Waals surface area contributed by atoms with Crippen LogP contribution in [0.2, 0.25) is 0 Å². The van der Waals surface area contributed by atoms with Crippen molar-refractivity contribution in [1.82, 2.24) is 0 Å². The number of amides is 1. The zero-order chi connectivity index (χ0) is 17.0. The molecule has 25 heavy (non-hydrogen) atoms. The smallest absolute Gasteiger partial charge is 0.228 e. The van der Waals surface area contributed by atoms with E-state index in [0.29, 0.717) is 11.5 Å². The van der Waals surface area contributed by atoms with Gasteiger partial charge in [0.1, 0.15) is 0 Å². The molecule has 0 saturated heterocycles. The van der Waals surface area contributed by atoms with Gasteiger partial charge in [-0.05, 0) is 45.8 Å². The van der Waals surface area contributed by atoms with Crippen molar-refractivity contribution in [3.8, 4) is 11.5 Å². The molecule has 120 valence electrons. The van der Waals surface area contributed by atoms with Crippen molar-refractivity contribution in [2.45, 2.75) is 6.92 Å². The van der Waals surface area contributed by atoms with Crippen LogP contribution >= 0.6 is 0 Å². The molecule has 1 aliphatic heterocycles. The molecular weight excluding hydrogens is 310 g/mol. The van der Waals surface area contributed by atoms with E-state index in [4.69, 9.17) is 4.74 Å². The molecule has 0 aliphatic carbocycles. The number of carbonyl (C=O) groups is 1. The van der Waals surface area contributed by atoms with Crippen molar-refractivity contribution in [1.29, 1.82) is 0 Å². The Morgan fingerprint density at radius 2 is 1.12 bits per heavy atom. The Bertz CT molecular complexity index is 1080. The van der Waals surface area contributed by atoms with Gasteiger partial charge in [0.25, 0.3) is 0 Å². The van der Waals surface area contributed by atoms with E-state index >= 15 is 0 Å². The maximum atomic E-state index is 12.5. The van der Waals surface area contributed by atoms with Crippen LogP contribution in [0.15, 0.2) is 72.8 Å². The summed E-state index contributed by atoms with van der Waals surface area (Å²) in [4.78, 5) is 14.2. The Balaban J connectivity index is 1.81. The third kappa shape index (κ3) is 2.09. The molecule has 0 spiro atoms. The molecule has 0 unspecified atom stereocenters. The zero-order valence-corrected chi connectivity index (χ0v) is 13.7. The molecule has 4 aromatic carbocycles. The molecule has 0 bridgehead atoms. The fraction of sp³-hybridized carbons (Fsp3) is 0.0455. The molecule has 1 amide bonds. The summed E-state index contributed by atoms with van der Waals surface area (Å²) >= 11 is 0. The van der Waals surface area contributed by atoms with Crippen molar-refractivity contribution >= 4 is 38.8 Å². The summed E-state index contributed by atoms with van der Waals surface area (Å²) in [5, 5.41) is 4.35. The SMILES string of the molecule is CC(=O)N1c2cc3ccccc3cc2Oc2cc3ccccc3cc21. The Hall–Kier alpha value is -3.33. The van der Waals surface area contributed by atoms with Gasteiger partial charge >= 0.3 is 0 Å². The van der Waals surface area contributed by atoms with Crippen LogP contribution in [0.25, 0.3) is 21.5 Å². The van der Waals surface area contributed by atoms with E-state index in [2.05, 4.69) is 0 Å². The van der Waals surface area contributed by atoms with Crippen molar-refractivity contribution in [3.63, 3.8) is 0 Å². The third-order valence-corrected chi connectivity index (χ3v) is 4.67. The first kappa shape index (κ1) is 14.1. The quantitative estimate of drug-likeness (QED) is 0.410. The monoisotopic (exact) mass is 325 g/mol. The Kier molecular flexibility index (Phi) is 2.86. The number of hydrogen-bond donors (Lipinski definition) is 0. The lowest BCUT2D eigenvalue weighted by Crippen LogP contribution is -2.26. The maximum absolute atomic E-state index is 12.5. The molecular formula is C22H15NO2. The van der Waals surface area contributed by atoms with E-state index in [1.165, 1.54) is 0 Å². The minimum Gasteiger partial charge on any atom is -0.453 e. The van der Waals surface area contributed by atoms with E-state index in [0.717, 1.165) is 32.9 Å². The third-order valence-electron chi connectivity index (χ3n) is 4.67. The largest absolute Gasteiger partial charge is 0.453 e. The van der Waals surface area contributed by atoms with E-state index in [-0.39, 0.29) is 5.91 Å². The number of fused-ring (bicyclic) bond motifs is 4. The van der Waals surface area contributed by atoms with E-state index in [1.54, 1.807) is 11.8 Å². The van der Waals surface area contributed by atoms with Crippen LogP contribution in [-0.2, 0) is 4.79 Å². The van der Waals surface area contributed by atoms with Crippen LogP contribution in [0, 0.1) is 0 Å². The van der Waals surface area contributed by atoms with Crippen LogP contribution in [0.5, 0.6) is 11.5 Å². The number of nitrogens with zero attached hydrogens (tertiary/aromatic N) is 1. The van der Waals surface area contributed by atoms with E-state index in [1.807, 2.05) is 72.8 Å². The highest BCUT2D eigenvalue weighted by molar-refractivity contribution is 6.07. The van der Waals surface area contributed by atoms with E-state index < -0.39 is 0 Å². The summed E-state index contributed by atoms with van der Waals surface area (Å²) in [6.07, 6.45) is 0. The van der Waals surface area contributed by atoms with Gasteiger partial charge in [-0.25, -0.2) is 0 Å². The minimum absolute atomic E-state index is 0.0311. The number of ether oxygens (including phenoxy) is 1. The van der Waals surface area contributed by atoms with Gasteiger partial charge in [0, 0.05) is 6.92 Å². The zero-order valence-electron chi connectivity index (χ0n) is 13.7. The highest BCUT2D eigenvalue weighted by Gasteiger charge is 2.28. The molecule has 1 heterocycles. The molecule has 1 aliphatic rings. The van der Waals surface area contributed by atoms with Gasteiger partial charge in [0.15, 0.2) is 11.5 Å². The molecule has 0 N–H and O–H groups in total. The fourth-order valence-corrected chi connectivity index (χ4v) is 3.52. The summed E-state index contributed by atoms with van der Waals surface area (Å²) in [6, 6.07) is 24.2. The summed E-state index contributed by atoms with van der Waals surface area (Å²) in [6.45, 7) is 1.59. The van der Waals surface area contributed by atoms with Gasteiger partial charge in [-0.2, -0.15) is 0 Å². The second kappa shape index (κ2) is 5.08. The molecule has 3 nitrogen and oxygen atoms in total. The Labute approximate surface area is 145 Å². The standard InChI is InChI=1S/C22H15NO2/c1-14(24)23-19-10-15-6-2-4-8-17(15)12-21(19)25-22-13-18-9-5-3-7-16(18)11-20(22)23/h2-13H,1H3. The first-order chi connectivity index (χ1) is 12.2. The molecule has 5 rings (SSSR count). The van der Waals surface area contributed by atoms with Crippen LogP contribution in [0.4, 0.5) is 11.4 Å². The van der Waals surface area contributed by atoms with Gasteiger partial charge in [0.05, 0.1) is 11.4 Å². The van der Waals surface area contributed by atoms with Crippen LogP contribution in [0.3, 0.4) is 0 Å². The number of carbonyl (C=O) groups excluding carboxylic acids is 1. The second-order valence-corrected chi connectivity index (χ2v) is 6.29. The summed E-state index contributed by atoms with van der Waals surface area (Å²) in [5.41, 5.74) is 1.57. The first-order valence-electron chi connectivity index (χ1n) is 8.25. The van der Waals surface area contributed by atoms with Crippen molar-refractivity contribution in [2.75, 3.05) is 4.90 Å². The van der Waals surface area contributed by atoms with Gasteiger partial charge in [-0.15, -0.1) is 0 Å². The topological polar surface area (TPSA) is 29.5 Å².